The fourth-order valence-electron chi connectivity index (χ4n) is 1.52. The van der Waals surface area contributed by atoms with Gasteiger partial charge in [-0.05, 0) is 12.8 Å². The maximum atomic E-state index is 11.5. The molecule has 1 aliphatic rings. The Morgan fingerprint density at radius 3 is 2.23 bits per heavy atom. The van der Waals surface area contributed by atoms with Gasteiger partial charge in [-0.1, -0.05) is 19.8 Å². The van der Waals surface area contributed by atoms with E-state index in [9.17, 15) is 9.00 Å². The van der Waals surface area contributed by atoms with Crippen molar-refractivity contribution in [3.8, 4) is 0 Å². The SMILES string of the molecule is CC[S@@](=O)C(=O)N1CCCCCC1. The van der Waals surface area contributed by atoms with Crippen LogP contribution in [0.25, 0.3) is 0 Å². The highest BCUT2D eigenvalue weighted by Gasteiger charge is 2.19. The van der Waals surface area contributed by atoms with Crippen LogP contribution in [-0.2, 0) is 10.8 Å². The van der Waals surface area contributed by atoms with Crippen LogP contribution in [0.5, 0.6) is 0 Å². The number of carbonyl (C=O) groups is 1. The lowest BCUT2D eigenvalue weighted by molar-refractivity contribution is 0.224. The number of nitrogens with zero attached hydrogens (tertiary/aromatic N) is 1. The third kappa shape index (κ3) is 3.10. The van der Waals surface area contributed by atoms with Gasteiger partial charge in [-0.25, -0.2) is 4.21 Å². The first-order valence-corrected chi connectivity index (χ1v) is 6.25. The molecule has 1 fully saturated rings. The Morgan fingerprint density at radius 2 is 1.77 bits per heavy atom. The van der Waals surface area contributed by atoms with Crippen molar-refractivity contribution in [2.75, 3.05) is 18.8 Å². The van der Waals surface area contributed by atoms with Crippen LogP contribution in [0.2, 0.25) is 0 Å². The second-order valence-electron chi connectivity index (χ2n) is 3.30. The Balaban J connectivity index is 2.48. The predicted molar refractivity (Wildman–Crippen MR) is 54.1 cm³/mol. The van der Waals surface area contributed by atoms with E-state index in [2.05, 4.69) is 0 Å². The van der Waals surface area contributed by atoms with E-state index in [1.807, 2.05) is 0 Å². The van der Waals surface area contributed by atoms with Crippen LogP contribution in [-0.4, -0.2) is 33.2 Å². The van der Waals surface area contributed by atoms with Crippen LogP contribution in [0.3, 0.4) is 0 Å². The van der Waals surface area contributed by atoms with E-state index >= 15 is 0 Å². The predicted octanol–water partition coefficient (Wildman–Crippen LogP) is 1.75. The quantitative estimate of drug-likeness (QED) is 0.651. The number of likely N-dealkylation sites (tertiary alicyclic amines) is 1. The van der Waals surface area contributed by atoms with Crippen molar-refractivity contribution in [2.24, 2.45) is 0 Å². The number of amides is 1. The van der Waals surface area contributed by atoms with Crippen LogP contribution < -0.4 is 0 Å². The Labute approximate surface area is 81.9 Å². The zero-order chi connectivity index (χ0) is 9.68. The van der Waals surface area contributed by atoms with Gasteiger partial charge in [-0.15, -0.1) is 0 Å². The first kappa shape index (κ1) is 10.7. The van der Waals surface area contributed by atoms with Crippen LogP contribution in [0.15, 0.2) is 0 Å². The molecule has 0 N–H and O–H groups in total. The third-order valence-corrected chi connectivity index (χ3v) is 3.49. The van der Waals surface area contributed by atoms with E-state index in [-0.39, 0.29) is 5.24 Å². The zero-order valence-corrected chi connectivity index (χ0v) is 8.94. The number of hydrogen-bond acceptors (Lipinski definition) is 2. The lowest BCUT2D eigenvalue weighted by atomic mass is 10.2. The molecular formula is C9H17NO2S. The Kier molecular flexibility index (Phi) is 4.42. The zero-order valence-electron chi connectivity index (χ0n) is 8.12. The number of carbonyl (C=O) groups excluding carboxylic acids is 1. The molecule has 13 heavy (non-hydrogen) atoms. The minimum absolute atomic E-state index is 0.163. The molecule has 0 aromatic rings. The lowest BCUT2D eigenvalue weighted by Crippen LogP contribution is -2.33. The molecule has 1 heterocycles. The van der Waals surface area contributed by atoms with Crippen LogP contribution in [0.4, 0.5) is 4.79 Å². The minimum Gasteiger partial charge on any atom is -0.332 e. The highest BCUT2D eigenvalue weighted by atomic mass is 32.2. The molecule has 4 heteroatoms. The molecule has 1 rings (SSSR count). The summed E-state index contributed by atoms with van der Waals surface area (Å²) in [5.74, 6) is 0.440. The molecule has 3 nitrogen and oxygen atoms in total. The van der Waals surface area contributed by atoms with Crippen molar-refractivity contribution in [2.45, 2.75) is 32.6 Å². The Bertz CT molecular complexity index is 198. The summed E-state index contributed by atoms with van der Waals surface area (Å²) in [5.41, 5.74) is 0. The normalized spacial score (nSPS) is 20.8. The molecule has 0 unspecified atom stereocenters. The van der Waals surface area contributed by atoms with E-state index < -0.39 is 10.8 Å². The molecule has 1 atom stereocenters. The molecule has 0 radical (unpaired) electrons. The minimum atomic E-state index is -1.29. The summed E-state index contributed by atoms with van der Waals surface area (Å²) in [6.45, 7) is 3.38. The molecule has 0 saturated carbocycles. The largest absolute Gasteiger partial charge is 0.332 e. The van der Waals surface area contributed by atoms with E-state index in [1.165, 1.54) is 12.8 Å². The Hall–Kier alpha value is -0.380. The smallest absolute Gasteiger partial charge is 0.311 e. The molecule has 0 spiro atoms. The van der Waals surface area contributed by atoms with Gasteiger partial charge < -0.3 is 4.90 Å². The summed E-state index contributed by atoms with van der Waals surface area (Å²) in [4.78, 5) is 13.3. The average molecular weight is 203 g/mol. The van der Waals surface area contributed by atoms with Gasteiger partial charge in [0.25, 0.3) is 0 Å². The second kappa shape index (κ2) is 5.37. The van der Waals surface area contributed by atoms with Gasteiger partial charge in [-0.2, -0.15) is 0 Å². The summed E-state index contributed by atoms with van der Waals surface area (Å²) >= 11 is 0. The van der Waals surface area contributed by atoms with Gasteiger partial charge in [0, 0.05) is 18.8 Å². The lowest BCUT2D eigenvalue weighted by Gasteiger charge is -2.18. The molecule has 1 aliphatic heterocycles. The molecule has 0 aromatic carbocycles. The van der Waals surface area contributed by atoms with Crippen molar-refractivity contribution in [3.05, 3.63) is 0 Å². The van der Waals surface area contributed by atoms with Gasteiger partial charge in [0.15, 0.2) is 0 Å². The second-order valence-corrected chi connectivity index (χ2v) is 4.92. The topological polar surface area (TPSA) is 37.4 Å². The van der Waals surface area contributed by atoms with Crippen molar-refractivity contribution < 1.29 is 9.00 Å². The standard InChI is InChI=1S/C9H17NO2S/c1-2-13(12)9(11)10-7-5-3-4-6-8-10/h2-8H2,1H3/t13-/m1/s1. The van der Waals surface area contributed by atoms with Crippen LogP contribution in [0, 0.1) is 0 Å². The van der Waals surface area contributed by atoms with Crippen LogP contribution >= 0.6 is 0 Å². The van der Waals surface area contributed by atoms with E-state index in [0.717, 1.165) is 25.9 Å². The maximum absolute atomic E-state index is 11.5. The van der Waals surface area contributed by atoms with Crippen molar-refractivity contribution in [3.63, 3.8) is 0 Å². The molecular weight excluding hydrogens is 186 g/mol. The molecule has 1 amide bonds. The van der Waals surface area contributed by atoms with Crippen molar-refractivity contribution >= 4 is 16.0 Å². The van der Waals surface area contributed by atoms with Gasteiger partial charge >= 0.3 is 5.24 Å². The van der Waals surface area contributed by atoms with Crippen LogP contribution in [0.1, 0.15) is 32.6 Å². The fourth-order valence-corrected chi connectivity index (χ4v) is 2.24. The number of rotatable bonds is 1. The highest BCUT2D eigenvalue weighted by Crippen LogP contribution is 2.11. The summed E-state index contributed by atoms with van der Waals surface area (Å²) in [5, 5.41) is -0.163. The van der Waals surface area contributed by atoms with Gasteiger partial charge in [0.2, 0.25) is 0 Å². The van der Waals surface area contributed by atoms with E-state index in [1.54, 1.807) is 11.8 Å². The van der Waals surface area contributed by atoms with E-state index in [4.69, 9.17) is 0 Å². The fraction of sp³-hybridized carbons (Fsp3) is 0.889. The van der Waals surface area contributed by atoms with Gasteiger partial charge in [0.1, 0.15) is 10.8 Å². The highest BCUT2D eigenvalue weighted by molar-refractivity contribution is 8.00. The molecule has 0 aromatic heterocycles. The summed E-state index contributed by atoms with van der Waals surface area (Å²) in [7, 11) is -1.29. The third-order valence-electron chi connectivity index (χ3n) is 2.32. The van der Waals surface area contributed by atoms with Gasteiger partial charge in [-0.3, -0.25) is 4.79 Å². The molecule has 0 aliphatic carbocycles. The number of hydrogen-bond donors (Lipinski definition) is 0. The average Bonchev–Trinajstić information content (AvgIpc) is 2.43. The maximum Gasteiger partial charge on any atom is 0.311 e. The molecule has 76 valence electrons. The summed E-state index contributed by atoms with van der Waals surface area (Å²) < 4.78 is 11.2. The molecule has 0 bridgehead atoms. The Morgan fingerprint density at radius 1 is 1.23 bits per heavy atom. The first-order valence-electron chi connectivity index (χ1n) is 4.93. The van der Waals surface area contributed by atoms with Crippen molar-refractivity contribution in [1.29, 1.82) is 0 Å². The van der Waals surface area contributed by atoms with E-state index in [0.29, 0.717) is 5.75 Å². The van der Waals surface area contributed by atoms with Gasteiger partial charge in [0.05, 0.1) is 0 Å². The summed E-state index contributed by atoms with van der Waals surface area (Å²) in [6.07, 6.45) is 4.52. The monoisotopic (exact) mass is 203 g/mol. The summed E-state index contributed by atoms with van der Waals surface area (Å²) in [6, 6.07) is 0. The molecule has 1 saturated heterocycles. The van der Waals surface area contributed by atoms with Crippen molar-refractivity contribution in [1.82, 2.24) is 4.90 Å². The first-order chi connectivity index (χ1) is 6.25.